The second-order valence-electron chi connectivity index (χ2n) is 4.26. The lowest BCUT2D eigenvalue weighted by molar-refractivity contribution is -0.305. The summed E-state index contributed by atoms with van der Waals surface area (Å²) in [6.45, 7) is 2.11. The van der Waals surface area contributed by atoms with Crippen molar-refractivity contribution >= 4 is 46.3 Å². The highest BCUT2D eigenvalue weighted by atomic mass is 32.2. The summed E-state index contributed by atoms with van der Waals surface area (Å²) in [5.74, 6) is 0.0165. The van der Waals surface area contributed by atoms with E-state index in [-0.39, 0.29) is 18.9 Å². The summed E-state index contributed by atoms with van der Waals surface area (Å²) in [7, 11) is 0. The van der Waals surface area contributed by atoms with Crippen molar-refractivity contribution < 1.29 is 19.1 Å². The molecule has 20 heavy (non-hydrogen) atoms. The predicted octanol–water partition coefficient (Wildman–Crippen LogP) is 1.32. The SMILES string of the molecule is Cc1ccc(/C=C2\SC(=S)N(CCCC(=O)[O-])C2=O)o1. The van der Waals surface area contributed by atoms with Crippen molar-refractivity contribution in [3.63, 3.8) is 0 Å². The molecule has 0 spiro atoms. The van der Waals surface area contributed by atoms with Gasteiger partial charge in [0.15, 0.2) is 0 Å². The van der Waals surface area contributed by atoms with E-state index in [1.54, 1.807) is 12.1 Å². The summed E-state index contributed by atoms with van der Waals surface area (Å²) >= 11 is 6.32. The third-order valence-corrected chi connectivity index (χ3v) is 4.05. The van der Waals surface area contributed by atoms with Crippen LogP contribution < -0.4 is 5.11 Å². The van der Waals surface area contributed by atoms with Gasteiger partial charge in [-0.15, -0.1) is 0 Å². The highest BCUT2D eigenvalue weighted by Crippen LogP contribution is 2.32. The first-order valence-corrected chi connectivity index (χ1v) is 7.21. The Morgan fingerprint density at radius 2 is 2.30 bits per heavy atom. The lowest BCUT2D eigenvalue weighted by Crippen LogP contribution is -2.30. The van der Waals surface area contributed by atoms with Crippen LogP contribution in [0.4, 0.5) is 0 Å². The second kappa shape index (κ2) is 6.23. The van der Waals surface area contributed by atoms with Crippen molar-refractivity contribution in [1.82, 2.24) is 4.90 Å². The van der Waals surface area contributed by atoms with Crippen molar-refractivity contribution in [3.05, 3.63) is 28.6 Å². The molecule has 1 aromatic rings. The largest absolute Gasteiger partial charge is 0.550 e. The molecule has 0 N–H and O–H groups in total. The molecule has 0 bridgehead atoms. The Balaban J connectivity index is 2.04. The average Bonchev–Trinajstić information content (AvgIpc) is 2.88. The van der Waals surface area contributed by atoms with E-state index < -0.39 is 5.97 Å². The van der Waals surface area contributed by atoms with Gasteiger partial charge in [0, 0.05) is 18.6 Å². The Morgan fingerprint density at radius 1 is 1.55 bits per heavy atom. The van der Waals surface area contributed by atoms with Gasteiger partial charge < -0.3 is 14.3 Å². The quantitative estimate of drug-likeness (QED) is 0.603. The predicted molar refractivity (Wildman–Crippen MR) is 77.6 cm³/mol. The summed E-state index contributed by atoms with van der Waals surface area (Å²) in [5, 5.41) is 10.4. The van der Waals surface area contributed by atoms with Crippen LogP contribution in [0.1, 0.15) is 24.4 Å². The van der Waals surface area contributed by atoms with Gasteiger partial charge in [-0.2, -0.15) is 0 Å². The van der Waals surface area contributed by atoms with Crippen LogP contribution in [-0.2, 0) is 9.59 Å². The summed E-state index contributed by atoms with van der Waals surface area (Å²) in [5.41, 5.74) is 0. The average molecular weight is 310 g/mol. The Hall–Kier alpha value is -1.60. The molecule has 1 saturated heterocycles. The van der Waals surface area contributed by atoms with Crippen molar-refractivity contribution in [2.75, 3.05) is 6.54 Å². The fraction of sp³-hybridized carbons (Fsp3) is 0.308. The van der Waals surface area contributed by atoms with Gasteiger partial charge in [-0.3, -0.25) is 9.69 Å². The molecule has 7 heteroatoms. The van der Waals surface area contributed by atoms with Crippen LogP contribution in [0.2, 0.25) is 0 Å². The van der Waals surface area contributed by atoms with Gasteiger partial charge in [-0.1, -0.05) is 24.0 Å². The molecule has 106 valence electrons. The molecule has 1 aliphatic rings. The van der Waals surface area contributed by atoms with Gasteiger partial charge in [0.1, 0.15) is 15.8 Å². The van der Waals surface area contributed by atoms with E-state index in [2.05, 4.69) is 0 Å². The maximum atomic E-state index is 12.1. The number of hydrogen-bond acceptors (Lipinski definition) is 6. The Morgan fingerprint density at radius 3 is 2.90 bits per heavy atom. The number of carbonyl (C=O) groups is 2. The van der Waals surface area contributed by atoms with E-state index in [9.17, 15) is 14.7 Å². The minimum absolute atomic E-state index is 0.0898. The minimum Gasteiger partial charge on any atom is -0.550 e. The molecule has 0 aromatic carbocycles. The van der Waals surface area contributed by atoms with E-state index in [0.29, 0.717) is 21.4 Å². The van der Waals surface area contributed by atoms with Crippen LogP contribution in [0, 0.1) is 6.92 Å². The number of rotatable bonds is 5. The zero-order valence-electron chi connectivity index (χ0n) is 10.8. The summed E-state index contributed by atoms with van der Waals surface area (Å²) in [6.07, 6.45) is 1.88. The molecule has 0 saturated carbocycles. The fourth-order valence-electron chi connectivity index (χ4n) is 1.73. The summed E-state index contributed by atoms with van der Waals surface area (Å²) < 4.78 is 5.82. The molecule has 0 radical (unpaired) electrons. The maximum absolute atomic E-state index is 12.1. The smallest absolute Gasteiger partial charge is 0.266 e. The van der Waals surface area contributed by atoms with Crippen molar-refractivity contribution in [2.45, 2.75) is 19.8 Å². The normalized spacial score (nSPS) is 17.2. The highest BCUT2D eigenvalue weighted by Gasteiger charge is 2.31. The molecule has 1 fully saturated rings. The first-order valence-electron chi connectivity index (χ1n) is 5.99. The van der Waals surface area contributed by atoms with Crippen molar-refractivity contribution in [1.29, 1.82) is 0 Å². The minimum atomic E-state index is -1.13. The third kappa shape index (κ3) is 3.49. The summed E-state index contributed by atoms with van der Waals surface area (Å²) in [4.78, 5) is 24.4. The molecular formula is C13H12NO4S2-. The van der Waals surface area contributed by atoms with Crippen LogP contribution in [-0.4, -0.2) is 27.6 Å². The van der Waals surface area contributed by atoms with Crippen LogP contribution in [0.3, 0.4) is 0 Å². The van der Waals surface area contributed by atoms with Gasteiger partial charge in [-0.05, 0) is 31.9 Å². The lowest BCUT2D eigenvalue weighted by Gasteiger charge is -2.14. The Bertz CT molecular complexity index is 591. The third-order valence-electron chi connectivity index (χ3n) is 2.67. The fourth-order valence-corrected chi connectivity index (χ4v) is 3.02. The standard InChI is InChI=1S/C13H13NO4S2/c1-8-4-5-9(18-8)7-10-12(17)14(13(19)20-10)6-2-3-11(15)16/h4-5,7H,2-3,6H2,1H3,(H,15,16)/p-1/b10-7-. The molecule has 1 aromatic heterocycles. The van der Waals surface area contributed by atoms with Crippen molar-refractivity contribution in [3.8, 4) is 0 Å². The molecule has 1 amide bonds. The highest BCUT2D eigenvalue weighted by molar-refractivity contribution is 8.26. The number of furan rings is 1. The number of thiocarbonyl (C=S) groups is 1. The molecular weight excluding hydrogens is 298 g/mol. The number of thioether (sulfide) groups is 1. The van der Waals surface area contributed by atoms with Gasteiger partial charge in [0.2, 0.25) is 0 Å². The van der Waals surface area contributed by atoms with E-state index in [4.69, 9.17) is 16.6 Å². The number of aliphatic carboxylic acids is 1. The van der Waals surface area contributed by atoms with E-state index in [1.807, 2.05) is 13.0 Å². The molecule has 2 rings (SSSR count). The number of aryl methyl sites for hydroxylation is 1. The number of hydrogen-bond donors (Lipinski definition) is 0. The molecule has 0 unspecified atom stereocenters. The van der Waals surface area contributed by atoms with Crippen LogP contribution in [0.15, 0.2) is 21.5 Å². The molecule has 0 aliphatic carbocycles. The first-order chi connectivity index (χ1) is 9.47. The topological polar surface area (TPSA) is 73.6 Å². The number of carboxylic acid groups (broad SMARTS) is 1. The van der Waals surface area contributed by atoms with Gasteiger partial charge >= 0.3 is 0 Å². The van der Waals surface area contributed by atoms with E-state index in [1.165, 1.54) is 16.7 Å². The number of carbonyl (C=O) groups excluding carboxylic acids is 2. The number of carboxylic acids is 1. The molecule has 1 aliphatic heterocycles. The molecule has 5 nitrogen and oxygen atoms in total. The van der Waals surface area contributed by atoms with E-state index in [0.717, 1.165) is 5.76 Å². The second-order valence-corrected chi connectivity index (χ2v) is 5.93. The monoisotopic (exact) mass is 310 g/mol. The number of nitrogens with zero attached hydrogens (tertiary/aromatic N) is 1. The zero-order chi connectivity index (χ0) is 14.7. The van der Waals surface area contributed by atoms with Gasteiger partial charge in [0.25, 0.3) is 5.91 Å². The van der Waals surface area contributed by atoms with Crippen LogP contribution >= 0.6 is 24.0 Å². The van der Waals surface area contributed by atoms with Crippen LogP contribution in [0.5, 0.6) is 0 Å². The van der Waals surface area contributed by atoms with E-state index >= 15 is 0 Å². The van der Waals surface area contributed by atoms with Crippen molar-refractivity contribution in [2.24, 2.45) is 0 Å². The lowest BCUT2D eigenvalue weighted by atomic mass is 10.3. The molecule has 2 heterocycles. The summed E-state index contributed by atoms with van der Waals surface area (Å²) in [6, 6.07) is 3.59. The number of amides is 1. The zero-order valence-corrected chi connectivity index (χ0v) is 12.4. The maximum Gasteiger partial charge on any atom is 0.266 e. The Kier molecular flexibility index (Phi) is 4.61. The van der Waals surface area contributed by atoms with Gasteiger partial charge in [-0.25, -0.2) is 0 Å². The van der Waals surface area contributed by atoms with Gasteiger partial charge in [0.05, 0.1) is 4.91 Å². The molecule has 0 atom stereocenters. The Labute approximate surface area is 125 Å². The van der Waals surface area contributed by atoms with Crippen LogP contribution in [0.25, 0.3) is 6.08 Å². The first kappa shape index (κ1) is 14.8.